The first-order valence-corrected chi connectivity index (χ1v) is 10.7. The van der Waals surface area contributed by atoms with Crippen molar-refractivity contribution in [2.45, 2.75) is 51.2 Å². The van der Waals surface area contributed by atoms with Crippen LogP contribution in [0.2, 0.25) is 0 Å². The number of carbonyl (C=O) groups excluding carboxylic acids is 2. The van der Waals surface area contributed by atoms with Crippen LogP contribution in [0.5, 0.6) is 5.75 Å². The number of hydrogen-bond acceptors (Lipinski definition) is 3. The van der Waals surface area contributed by atoms with E-state index in [9.17, 15) is 14.0 Å². The molecule has 0 bridgehead atoms. The standard InChI is InChI=1S/C25H27FN2O3/c1-31-23-9-5-2-6-18(23)15-27-24(29)14-21-20-7-3-4-8-22(20)28(25(21)30)16-17-10-12-19(26)13-11-17/h2,5-6,9-13,22H,3-4,7-8,14-16H2,1H3,(H,27,29). The predicted molar refractivity (Wildman–Crippen MR) is 116 cm³/mol. The number of fused-ring (bicyclic) bond motifs is 1. The zero-order valence-corrected chi connectivity index (χ0v) is 17.7. The van der Waals surface area contributed by atoms with Gasteiger partial charge in [0.25, 0.3) is 5.91 Å². The Kier molecular flexibility index (Phi) is 6.35. The molecule has 1 atom stereocenters. The molecule has 2 aromatic rings. The smallest absolute Gasteiger partial charge is 0.251 e. The molecule has 0 spiro atoms. The molecule has 31 heavy (non-hydrogen) atoms. The summed E-state index contributed by atoms with van der Waals surface area (Å²) in [6.45, 7) is 0.780. The van der Waals surface area contributed by atoms with E-state index in [4.69, 9.17) is 4.74 Å². The average molecular weight is 423 g/mol. The molecule has 1 fully saturated rings. The average Bonchev–Trinajstić information content (AvgIpc) is 3.05. The first-order chi connectivity index (χ1) is 15.1. The number of para-hydroxylation sites is 1. The third-order valence-corrected chi connectivity index (χ3v) is 6.13. The van der Waals surface area contributed by atoms with Gasteiger partial charge in [0.15, 0.2) is 0 Å². The van der Waals surface area contributed by atoms with Gasteiger partial charge in [-0.3, -0.25) is 9.59 Å². The van der Waals surface area contributed by atoms with Gasteiger partial charge in [0, 0.05) is 24.2 Å². The molecule has 2 amide bonds. The van der Waals surface area contributed by atoms with Crippen molar-refractivity contribution in [1.29, 1.82) is 0 Å². The summed E-state index contributed by atoms with van der Waals surface area (Å²) in [5.41, 5.74) is 3.51. The summed E-state index contributed by atoms with van der Waals surface area (Å²) in [6.07, 6.45) is 3.95. The summed E-state index contributed by atoms with van der Waals surface area (Å²) in [5, 5.41) is 2.92. The Labute approximate surface area is 181 Å². The molecule has 1 aliphatic heterocycles. The lowest BCUT2D eigenvalue weighted by Crippen LogP contribution is -2.36. The van der Waals surface area contributed by atoms with E-state index in [1.807, 2.05) is 29.2 Å². The first kappa shape index (κ1) is 21.1. The lowest BCUT2D eigenvalue weighted by Gasteiger charge is -2.30. The minimum absolute atomic E-state index is 0.0447. The van der Waals surface area contributed by atoms with Gasteiger partial charge in [-0.15, -0.1) is 0 Å². The van der Waals surface area contributed by atoms with Crippen LogP contribution in [0, 0.1) is 5.82 Å². The highest BCUT2D eigenvalue weighted by Crippen LogP contribution is 2.38. The van der Waals surface area contributed by atoms with Crippen LogP contribution in [0.1, 0.15) is 43.2 Å². The van der Waals surface area contributed by atoms with Crippen LogP contribution < -0.4 is 10.1 Å². The number of hydrogen-bond donors (Lipinski definition) is 1. The molecule has 0 aromatic heterocycles. The van der Waals surface area contributed by atoms with E-state index in [0.29, 0.717) is 18.7 Å². The Hall–Kier alpha value is -3.15. The van der Waals surface area contributed by atoms with Crippen molar-refractivity contribution < 1.29 is 18.7 Å². The van der Waals surface area contributed by atoms with Gasteiger partial charge in [0.1, 0.15) is 11.6 Å². The molecular formula is C25H27FN2O3. The highest BCUT2D eigenvalue weighted by molar-refractivity contribution is 6.02. The lowest BCUT2D eigenvalue weighted by molar-refractivity contribution is -0.129. The van der Waals surface area contributed by atoms with Crippen LogP contribution in [0.4, 0.5) is 4.39 Å². The van der Waals surface area contributed by atoms with E-state index in [-0.39, 0.29) is 30.1 Å². The molecule has 0 saturated heterocycles. The molecular weight excluding hydrogens is 395 g/mol. The SMILES string of the molecule is COc1ccccc1CNC(=O)CC1=C2CCCCC2N(Cc2ccc(F)cc2)C1=O. The Balaban J connectivity index is 1.45. The molecule has 1 N–H and O–H groups in total. The second-order valence-electron chi connectivity index (χ2n) is 8.09. The summed E-state index contributed by atoms with van der Waals surface area (Å²) >= 11 is 0. The van der Waals surface area contributed by atoms with E-state index < -0.39 is 0 Å². The van der Waals surface area contributed by atoms with Crippen LogP contribution in [0.25, 0.3) is 0 Å². The highest BCUT2D eigenvalue weighted by Gasteiger charge is 2.40. The summed E-state index contributed by atoms with van der Waals surface area (Å²) in [7, 11) is 1.60. The van der Waals surface area contributed by atoms with Gasteiger partial charge in [-0.1, -0.05) is 36.8 Å². The number of carbonyl (C=O) groups is 2. The molecule has 4 rings (SSSR count). The van der Waals surface area contributed by atoms with Crippen molar-refractivity contribution in [3.05, 3.63) is 76.6 Å². The zero-order valence-electron chi connectivity index (χ0n) is 17.7. The first-order valence-electron chi connectivity index (χ1n) is 10.7. The topological polar surface area (TPSA) is 58.6 Å². The normalized spacial score (nSPS) is 18.2. The predicted octanol–water partition coefficient (Wildman–Crippen LogP) is 4.12. The van der Waals surface area contributed by atoms with E-state index >= 15 is 0 Å². The largest absolute Gasteiger partial charge is 0.496 e. The third-order valence-electron chi connectivity index (χ3n) is 6.13. The van der Waals surface area contributed by atoms with Crippen LogP contribution in [0.3, 0.4) is 0 Å². The fraction of sp³-hybridized carbons (Fsp3) is 0.360. The molecule has 2 aromatic carbocycles. The number of methoxy groups -OCH3 is 1. The Morgan fingerprint density at radius 2 is 1.94 bits per heavy atom. The maximum absolute atomic E-state index is 13.3. The van der Waals surface area contributed by atoms with E-state index in [1.165, 1.54) is 12.1 Å². The molecule has 1 saturated carbocycles. The number of ether oxygens (including phenoxy) is 1. The van der Waals surface area contributed by atoms with E-state index in [0.717, 1.165) is 48.1 Å². The molecule has 0 radical (unpaired) electrons. The van der Waals surface area contributed by atoms with Crippen molar-refractivity contribution in [2.24, 2.45) is 0 Å². The summed E-state index contributed by atoms with van der Waals surface area (Å²) in [4.78, 5) is 27.8. The molecule has 1 unspecified atom stereocenters. The summed E-state index contributed by atoms with van der Waals surface area (Å²) in [5.74, 6) is 0.188. The van der Waals surface area contributed by atoms with Crippen molar-refractivity contribution in [1.82, 2.24) is 10.2 Å². The number of nitrogens with one attached hydrogen (secondary N) is 1. The van der Waals surface area contributed by atoms with Crippen molar-refractivity contribution >= 4 is 11.8 Å². The molecule has 6 heteroatoms. The Morgan fingerprint density at radius 3 is 2.71 bits per heavy atom. The monoisotopic (exact) mass is 422 g/mol. The quantitative estimate of drug-likeness (QED) is 0.730. The van der Waals surface area contributed by atoms with E-state index in [2.05, 4.69) is 5.32 Å². The van der Waals surface area contributed by atoms with Crippen LogP contribution in [0.15, 0.2) is 59.7 Å². The lowest BCUT2D eigenvalue weighted by atomic mass is 9.88. The maximum Gasteiger partial charge on any atom is 0.251 e. The minimum Gasteiger partial charge on any atom is -0.496 e. The number of benzene rings is 2. The number of halogens is 1. The number of rotatable bonds is 7. The highest BCUT2D eigenvalue weighted by atomic mass is 19.1. The zero-order chi connectivity index (χ0) is 21.8. The second kappa shape index (κ2) is 9.33. The van der Waals surface area contributed by atoms with Crippen LogP contribution >= 0.6 is 0 Å². The summed E-state index contributed by atoms with van der Waals surface area (Å²) < 4.78 is 18.6. The Bertz CT molecular complexity index is 1000. The Morgan fingerprint density at radius 1 is 1.16 bits per heavy atom. The van der Waals surface area contributed by atoms with E-state index in [1.54, 1.807) is 19.2 Å². The molecule has 2 aliphatic rings. The summed E-state index contributed by atoms with van der Waals surface area (Å²) in [6, 6.07) is 13.8. The molecule has 1 heterocycles. The fourth-order valence-electron chi connectivity index (χ4n) is 4.57. The fourth-order valence-corrected chi connectivity index (χ4v) is 4.57. The van der Waals surface area contributed by atoms with Crippen molar-refractivity contribution in [3.63, 3.8) is 0 Å². The minimum atomic E-state index is -0.291. The van der Waals surface area contributed by atoms with Crippen molar-refractivity contribution in [2.75, 3.05) is 7.11 Å². The third kappa shape index (κ3) is 4.63. The van der Waals surface area contributed by atoms with Crippen molar-refractivity contribution in [3.8, 4) is 5.75 Å². The molecule has 162 valence electrons. The van der Waals surface area contributed by atoms with Gasteiger partial charge in [0.05, 0.1) is 19.6 Å². The van der Waals surface area contributed by atoms with Gasteiger partial charge < -0.3 is 15.0 Å². The van der Waals surface area contributed by atoms with Gasteiger partial charge >= 0.3 is 0 Å². The number of nitrogens with zero attached hydrogens (tertiary/aromatic N) is 1. The van der Waals surface area contributed by atoms with Gasteiger partial charge in [0.2, 0.25) is 5.91 Å². The molecule has 1 aliphatic carbocycles. The maximum atomic E-state index is 13.3. The second-order valence-corrected chi connectivity index (χ2v) is 8.09. The van der Waals surface area contributed by atoms with Gasteiger partial charge in [-0.2, -0.15) is 0 Å². The number of amides is 2. The van der Waals surface area contributed by atoms with Gasteiger partial charge in [-0.25, -0.2) is 4.39 Å². The van der Waals surface area contributed by atoms with Gasteiger partial charge in [-0.05, 0) is 48.6 Å². The van der Waals surface area contributed by atoms with Crippen LogP contribution in [-0.4, -0.2) is 29.9 Å². The van der Waals surface area contributed by atoms with Crippen LogP contribution in [-0.2, 0) is 22.7 Å². The molecule has 5 nitrogen and oxygen atoms in total.